The molecule has 1 rings (SSSR count). The first kappa shape index (κ1) is 12.9. The van der Waals surface area contributed by atoms with Crippen LogP contribution in [-0.4, -0.2) is 37.5 Å². The van der Waals surface area contributed by atoms with E-state index in [9.17, 15) is 5.11 Å². The van der Waals surface area contributed by atoms with E-state index in [2.05, 4.69) is 12.2 Å². The van der Waals surface area contributed by atoms with E-state index in [1.54, 1.807) is 7.11 Å². The monoisotopic (exact) mass is 215 g/mol. The summed E-state index contributed by atoms with van der Waals surface area (Å²) in [7, 11) is 1.62. The number of aliphatic hydroxyl groups is 1. The molecule has 90 valence electrons. The van der Waals surface area contributed by atoms with E-state index in [-0.39, 0.29) is 6.10 Å². The Hall–Kier alpha value is -0.120. The normalized spacial score (nSPS) is 29.8. The molecule has 3 atom stereocenters. The van der Waals surface area contributed by atoms with Crippen LogP contribution >= 0.6 is 0 Å². The maximum absolute atomic E-state index is 9.55. The highest BCUT2D eigenvalue weighted by Crippen LogP contribution is 2.22. The highest BCUT2D eigenvalue weighted by Gasteiger charge is 2.19. The molecule has 3 nitrogen and oxygen atoms in total. The van der Waals surface area contributed by atoms with Crippen molar-refractivity contribution in [3.8, 4) is 0 Å². The van der Waals surface area contributed by atoms with E-state index in [1.807, 2.05) is 0 Å². The van der Waals surface area contributed by atoms with Crippen LogP contribution < -0.4 is 5.32 Å². The molecule has 1 fully saturated rings. The number of hydrogen-bond donors (Lipinski definition) is 2. The van der Waals surface area contributed by atoms with Gasteiger partial charge in [-0.05, 0) is 18.8 Å². The fraction of sp³-hybridized carbons (Fsp3) is 1.00. The highest BCUT2D eigenvalue weighted by molar-refractivity contribution is 4.77. The summed E-state index contributed by atoms with van der Waals surface area (Å²) in [6.07, 6.45) is 6.25. The zero-order valence-corrected chi connectivity index (χ0v) is 10.0. The minimum absolute atomic E-state index is 0.370. The van der Waals surface area contributed by atoms with Crippen molar-refractivity contribution in [1.29, 1.82) is 0 Å². The molecule has 3 heteroatoms. The maximum Gasteiger partial charge on any atom is 0.0897 e. The Morgan fingerprint density at radius 2 is 2.07 bits per heavy atom. The van der Waals surface area contributed by atoms with Crippen molar-refractivity contribution in [3.05, 3.63) is 0 Å². The molecule has 2 N–H and O–H groups in total. The smallest absolute Gasteiger partial charge is 0.0897 e. The first-order valence-electron chi connectivity index (χ1n) is 6.14. The third-order valence-electron chi connectivity index (χ3n) is 3.34. The van der Waals surface area contributed by atoms with Crippen molar-refractivity contribution in [3.63, 3.8) is 0 Å². The maximum atomic E-state index is 9.55. The molecule has 1 aliphatic carbocycles. The fourth-order valence-corrected chi connectivity index (χ4v) is 2.34. The van der Waals surface area contributed by atoms with Crippen LogP contribution in [0.1, 0.15) is 39.0 Å². The van der Waals surface area contributed by atoms with Crippen molar-refractivity contribution >= 4 is 0 Å². The van der Waals surface area contributed by atoms with Gasteiger partial charge < -0.3 is 15.2 Å². The standard InChI is InChI=1S/C12H25NO2/c1-10-6-4-3-5-7-12(10)13-8-11(14)9-15-2/h10-14H,3-9H2,1-2H3. The Kier molecular flexibility index (Phi) is 6.22. The van der Waals surface area contributed by atoms with Gasteiger partial charge in [-0.1, -0.05) is 26.2 Å². The van der Waals surface area contributed by atoms with Crippen LogP contribution in [0.3, 0.4) is 0 Å². The summed E-state index contributed by atoms with van der Waals surface area (Å²) in [5, 5.41) is 13.0. The fourth-order valence-electron chi connectivity index (χ4n) is 2.34. The lowest BCUT2D eigenvalue weighted by Crippen LogP contribution is -2.40. The lowest BCUT2D eigenvalue weighted by atomic mass is 9.97. The van der Waals surface area contributed by atoms with Gasteiger partial charge in [0, 0.05) is 19.7 Å². The molecule has 0 aromatic carbocycles. The van der Waals surface area contributed by atoms with E-state index in [0.29, 0.717) is 19.2 Å². The zero-order valence-electron chi connectivity index (χ0n) is 10.0. The molecule has 1 saturated carbocycles. The van der Waals surface area contributed by atoms with Gasteiger partial charge in [0.1, 0.15) is 0 Å². The largest absolute Gasteiger partial charge is 0.389 e. The molecule has 0 spiro atoms. The first-order valence-corrected chi connectivity index (χ1v) is 6.14. The SMILES string of the molecule is COCC(O)CNC1CCCCCC1C. The number of ether oxygens (including phenoxy) is 1. The summed E-state index contributed by atoms with van der Waals surface area (Å²) in [6, 6.07) is 0.582. The molecule has 0 aliphatic heterocycles. The molecule has 0 amide bonds. The average Bonchev–Trinajstić information content (AvgIpc) is 2.41. The lowest BCUT2D eigenvalue weighted by Gasteiger charge is -2.24. The molecule has 3 unspecified atom stereocenters. The summed E-state index contributed by atoms with van der Waals surface area (Å²) in [4.78, 5) is 0. The van der Waals surface area contributed by atoms with Gasteiger partial charge in [0.15, 0.2) is 0 Å². The van der Waals surface area contributed by atoms with Gasteiger partial charge in [0.2, 0.25) is 0 Å². The molecule has 1 aliphatic rings. The number of aliphatic hydroxyl groups excluding tert-OH is 1. The number of nitrogens with one attached hydrogen (secondary N) is 1. The van der Waals surface area contributed by atoms with Crippen LogP contribution in [0, 0.1) is 5.92 Å². The van der Waals surface area contributed by atoms with Crippen molar-refractivity contribution in [1.82, 2.24) is 5.32 Å². The minimum atomic E-state index is -0.370. The second-order valence-corrected chi connectivity index (χ2v) is 4.74. The Morgan fingerprint density at radius 3 is 2.80 bits per heavy atom. The van der Waals surface area contributed by atoms with Crippen LogP contribution in [-0.2, 0) is 4.74 Å². The molecule has 0 heterocycles. The van der Waals surface area contributed by atoms with Gasteiger partial charge in [0.05, 0.1) is 12.7 Å². The highest BCUT2D eigenvalue weighted by atomic mass is 16.5. The molecule has 0 aromatic rings. The topological polar surface area (TPSA) is 41.5 Å². The van der Waals surface area contributed by atoms with Crippen LogP contribution in [0.25, 0.3) is 0 Å². The van der Waals surface area contributed by atoms with E-state index in [0.717, 1.165) is 5.92 Å². The predicted octanol–water partition coefficient (Wildman–Crippen LogP) is 1.55. The summed E-state index contributed by atoms with van der Waals surface area (Å²) in [6.45, 7) is 3.39. The Bertz CT molecular complexity index is 164. The zero-order chi connectivity index (χ0) is 11.1. The lowest BCUT2D eigenvalue weighted by molar-refractivity contribution is 0.0611. The Labute approximate surface area is 93.2 Å². The van der Waals surface area contributed by atoms with E-state index >= 15 is 0 Å². The Morgan fingerprint density at radius 1 is 1.33 bits per heavy atom. The first-order chi connectivity index (χ1) is 7.24. The molecular weight excluding hydrogens is 190 g/mol. The van der Waals surface area contributed by atoms with Gasteiger partial charge in [-0.2, -0.15) is 0 Å². The van der Waals surface area contributed by atoms with Gasteiger partial charge >= 0.3 is 0 Å². The van der Waals surface area contributed by atoms with Crippen molar-refractivity contribution < 1.29 is 9.84 Å². The number of rotatable bonds is 5. The van der Waals surface area contributed by atoms with Crippen LogP contribution in [0.4, 0.5) is 0 Å². The van der Waals surface area contributed by atoms with E-state index in [4.69, 9.17) is 4.74 Å². The summed E-state index contributed by atoms with van der Waals surface area (Å²) in [5.41, 5.74) is 0. The van der Waals surface area contributed by atoms with Crippen LogP contribution in [0.2, 0.25) is 0 Å². The quantitative estimate of drug-likeness (QED) is 0.684. The van der Waals surface area contributed by atoms with Gasteiger partial charge in [-0.25, -0.2) is 0 Å². The van der Waals surface area contributed by atoms with Gasteiger partial charge in [-0.3, -0.25) is 0 Å². The van der Waals surface area contributed by atoms with Crippen molar-refractivity contribution in [2.45, 2.75) is 51.2 Å². The second-order valence-electron chi connectivity index (χ2n) is 4.74. The van der Waals surface area contributed by atoms with Crippen molar-refractivity contribution in [2.24, 2.45) is 5.92 Å². The number of hydrogen-bond acceptors (Lipinski definition) is 3. The second kappa shape index (κ2) is 7.20. The van der Waals surface area contributed by atoms with Crippen molar-refractivity contribution in [2.75, 3.05) is 20.3 Å². The third-order valence-corrected chi connectivity index (χ3v) is 3.34. The van der Waals surface area contributed by atoms with Crippen LogP contribution in [0.15, 0.2) is 0 Å². The average molecular weight is 215 g/mol. The molecule has 0 saturated heterocycles. The number of methoxy groups -OCH3 is 1. The van der Waals surface area contributed by atoms with Crippen LogP contribution in [0.5, 0.6) is 0 Å². The molecule has 0 radical (unpaired) electrons. The van der Waals surface area contributed by atoms with Gasteiger partial charge in [-0.15, -0.1) is 0 Å². The minimum Gasteiger partial charge on any atom is -0.389 e. The summed E-state index contributed by atoms with van der Waals surface area (Å²) >= 11 is 0. The third kappa shape index (κ3) is 4.96. The van der Waals surface area contributed by atoms with Gasteiger partial charge in [0.25, 0.3) is 0 Å². The van der Waals surface area contributed by atoms with E-state index < -0.39 is 0 Å². The Balaban J connectivity index is 2.22. The summed E-state index contributed by atoms with van der Waals surface area (Å²) < 4.78 is 4.91. The molecule has 0 bridgehead atoms. The summed E-state index contributed by atoms with van der Waals surface area (Å²) in [5.74, 6) is 0.738. The van der Waals surface area contributed by atoms with E-state index in [1.165, 1.54) is 32.1 Å². The predicted molar refractivity (Wildman–Crippen MR) is 61.9 cm³/mol. The molecule has 0 aromatic heterocycles. The molecule has 15 heavy (non-hydrogen) atoms. The molecular formula is C12H25NO2.